The van der Waals surface area contributed by atoms with Crippen LogP contribution in [0.1, 0.15) is 30.5 Å². The number of ether oxygens (including phenoxy) is 1. The summed E-state index contributed by atoms with van der Waals surface area (Å²) in [4.78, 5) is 30.6. The Hall–Kier alpha value is -3.06. The number of aromatic amines is 1. The number of amides is 1. The van der Waals surface area contributed by atoms with Crippen LogP contribution >= 0.6 is 0 Å². The summed E-state index contributed by atoms with van der Waals surface area (Å²) in [5.74, 6) is 0.180. The highest BCUT2D eigenvalue weighted by molar-refractivity contribution is 5.83. The van der Waals surface area contributed by atoms with Crippen molar-refractivity contribution >= 4 is 16.8 Å². The highest BCUT2D eigenvalue weighted by Crippen LogP contribution is 2.18. The van der Waals surface area contributed by atoms with Gasteiger partial charge in [0.15, 0.2) is 5.75 Å². The number of piperidine rings is 1. The van der Waals surface area contributed by atoms with Crippen LogP contribution in [0.3, 0.4) is 0 Å². The van der Waals surface area contributed by atoms with E-state index in [9.17, 15) is 9.59 Å². The first-order valence-electron chi connectivity index (χ1n) is 11.0. The van der Waals surface area contributed by atoms with Crippen LogP contribution in [0.15, 0.2) is 47.5 Å². The van der Waals surface area contributed by atoms with Gasteiger partial charge in [0.05, 0.1) is 13.3 Å². The molecule has 0 unspecified atom stereocenters. The van der Waals surface area contributed by atoms with Crippen LogP contribution in [0.5, 0.6) is 5.75 Å². The van der Waals surface area contributed by atoms with E-state index in [0.717, 1.165) is 30.7 Å². The molecule has 1 amide bonds. The molecule has 1 aliphatic heterocycles. The fourth-order valence-electron chi connectivity index (χ4n) is 4.26. The molecule has 0 spiro atoms. The van der Waals surface area contributed by atoms with Gasteiger partial charge in [-0.3, -0.25) is 14.5 Å². The number of likely N-dealkylation sites (tertiary alicyclic amines) is 1. The summed E-state index contributed by atoms with van der Waals surface area (Å²) in [6.07, 6.45) is 8.01. The Morgan fingerprint density at radius 1 is 1.19 bits per heavy atom. The molecule has 7 heteroatoms. The van der Waals surface area contributed by atoms with Crippen molar-refractivity contribution < 1.29 is 9.53 Å². The molecule has 3 heterocycles. The standard InChI is InChI=1S/C24H30N4O3/c1-31-23-16-28(19(13-22(23)29)15-27-11-5-2-6-12-27)17-24(30)25-10-9-18-14-26-21-8-4-3-7-20(18)21/h3-4,7-8,13-14,16,26H,2,5-6,9-12,15,17H2,1H3,(H,25,30). The van der Waals surface area contributed by atoms with Crippen LogP contribution in [0.2, 0.25) is 0 Å². The summed E-state index contributed by atoms with van der Waals surface area (Å²) < 4.78 is 7.04. The zero-order valence-electron chi connectivity index (χ0n) is 18.0. The third kappa shape index (κ3) is 5.17. The normalized spacial score (nSPS) is 14.6. The van der Waals surface area contributed by atoms with Gasteiger partial charge in [-0.25, -0.2) is 0 Å². The van der Waals surface area contributed by atoms with Crippen LogP contribution in [-0.2, 0) is 24.3 Å². The number of rotatable bonds is 8. The number of para-hydroxylation sites is 1. The number of methoxy groups -OCH3 is 1. The lowest BCUT2D eigenvalue weighted by Gasteiger charge is -2.27. The highest BCUT2D eigenvalue weighted by Gasteiger charge is 2.16. The van der Waals surface area contributed by atoms with Crippen molar-refractivity contribution in [1.82, 2.24) is 19.8 Å². The molecule has 0 aliphatic carbocycles. The van der Waals surface area contributed by atoms with E-state index in [1.54, 1.807) is 12.3 Å². The number of hydrogen-bond acceptors (Lipinski definition) is 4. The smallest absolute Gasteiger partial charge is 0.239 e. The van der Waals surface area contributed by atoms with Gasteiger partial charge < -0.3 is 19.6 Å². The maximum absolute atomic E-state index is 12.7. The average Bonchev–Trinajstić information content (AvgIpc) is 3.19. The largest absolute Gasteiger partial charge is 0.491 e. The predicted molar refractivity (Wildman–Crippen MR) is 121 cm³/mol. The number of pyridine rings is 1. The molecule has 164 valence electrons. The minimum atomic E-state index is -0.148. The zero-order valence-corrected chi connectivity index (χ0v) is 18.0. The number of H-pyrrole nitrogens is 1. The summed E-state index contributed by atoms with van der Waals surface area (Å²) in [5.41, 5.74) is 2.99. The molecule has 1 fully saturated rings. The van der Waals surface area contributed by atoms with E-state index >= 15 is 0 Å². The first-order valence-corrected chi connectivity index (χ1v) is 11.0. The second kappa shape index (κ2) is 9.83. The Bertz CT molecular complexity index is 1100. The van der Waals surface area contributed by atoms with Gasteiger partial charge in [-0.15, -0.1) is 0 Å². The lowest BCUT2D eigenvalue weighted by atomic mass is 10.1. The summed E-state index contributed by atoms with van der Waals surface area (Å²) in [6.45, 7) is 3.43. The summed E-state index contributed by atoms with van der Waals surface area (Å²) >= 11 is 0. The van der Waals surface area contributed by atoms with Crippen molar-refractivity contribution in [3.63, 3.8) is 0 Å². The summed E-state index contributed by atoms with van der Waals surface area (Å²) in [5, 5.41) is 4.20. The van der Waals surface area contributed by atoms with Crippen molar-refractivity contribution in [2.45, 2.75) is 38.8 Å². The molecule has 1 aromatic carbocycles. The topological polar surface area (TPSA) is 79.4 Å². The van der Waals surface area contributed by atoms with E-state index in [1.807, 2.05) is 29.0 Å². The van der Waals surface area contributed by atoms with E-state index in [1.165, 1.54) is 37.3 Å². The van der Waals surface area contributed by atoms with Gasteiger partial charge in [0.2, 0.25) is 11.3 Å². The Morgan fingerprint density at radius 2 is 2.00 bits per heavy atom. The van der Waals surface area contributed by atoms with Crippen LogP contribution in [0, 0.1) is 0 Å². The number of benzene rings is 1. The van der Waals surface area contributed by atoms with Crippen molar-refractivity contribution in [3.8, 4) is 5.75 Å². The molecule has 0 saturated carbocycles. The molecule has 1 aliphatic rings. The third-order valence-corrected chi connectivity index (χ3v) is 5.94. The summed E-state index contributed by atoms with van der Waals surface area (Å²) in [7, 11) is 1.48. The first kappa shape index (κ1) is 21.2. The van der Waals surface area contributed by atoms with Crippen molar-refractivity contribution in [1.29, 1.82) is 0 Å². The van der Waals surface area contributed by atoms with Gasteiger partial charge in [-0.1, -0.05) is 24.6 Å². The van der Waals surface area contributed by atoms with E-state index in [-0.39, 0.29) is 23.6 Å². The molecule has 0 bridgehead atoms. The number of nitrogens with one attached hydrogen (secondary N) is 2. The molecule has 4 rings (SSSR count). The SMILES string of the molecule is COc1cn(CC(=O)NCCc2c[nH]c3ccccc23)c(CN2CCCCC2)cc1=O. The number of fused-ring (bicyclic) bond motifs is 1. The number of nitrogens with zero attached hydrogens (tertiary/aromatic N) is 2. The van der Waals surface area contributed by atoms with Gasteiger partial charge in [0.25, 0.3) is 0 Å². The van der Waals surface area contributed by atoms with Crippen molar-refractivity contribution in [2.75, 3.05) is 26.7 Å². The van der Waals surface area contributed by atoms with E-state index in [2.05, 4.69) is 21.3 Å². The Labute approximate surface area is 182 Å². The Morgan fingerprint density at radius 3 is 2.81 bits per heavy atom. The van der Waals surface area contributed by atoms with Gasteiger partial charge in [-0.05, 0) is 44.0 Å². The summed E-state index contributed by atoms with van der Waals surface area (Å²) in [6, 6.07) is 9.76. The van der Waals surface area contributed by atoms with E-state index in [0.29, 0.717) is 13.1 Å². The maximum Gasteiger partial charge on any atom is 0.239 e. The number of carbonyl (C=O) groups is 1. The lowest BCUT2D eigenvalue weighted by molar-refractivity contribution is -0.121. The molecular formula is C24H30N4O3. The molecule has 2 N–H and O–H groups in total. The highest BCUT2D eigenvalue weighted by atomic mass is 16.5. The minimum absolute atomic E-state index is 0.0783. The second-order valence-corrected chi connectivity index (χ2v) is 8.12. The number of aromatic nitrogens is 2. The Kier molecular flexibility index (Phi) is 6.72. The van der Waals surface area contributed by atoms with Crippen LogP contribution in [-0.4, -0.2) is 47.1 Å². The maximum atomic E-state index is 12.7. The Balaban J connectivity index is 1.40. The quantitative estimate of drug-likeness (QED) is 0.585. The van der Waals surface area contributed by atoms with Crippen LogP contribution in [0.25, 0.3) is 10.9 Å². The molecule has 2 aromatic heterocycles. The molecule has 1 saturated heterocycles. The van der Waals surface area contributed by atoms with E-state index < -0.39 is 0 Å². The van der Waals surface area contributed by atoms with Gasteiger partial charge >= 0.3 is 0 Å². The lowest BCUT2D eigenvalue weighted by Crippen LogP contribution is -2.34. The minimum Gasteiger partial charge on any atom is -0.491 e. The fraction of sp³-hybridized carbons (Fsp3) is 0.417. The molecule has 31 heavy (non-hydrogen) atoms. The predicted octanol–water partition coefficient (Wildman–Crippen LogP) is 2.68. The fourth-order valence-corrected chi connectivity index (χ4v) is 4.26. The average molecular weight is 423 g/mol. The molecule has 0 radical (unpaired) electrons. The van der Waals surface area contributed by atoms with Gasteiger partial charge in [0, 0.05) is 41.9 Å². The van der Waals surface area contributed by atoms with Crippen molar-refractivity contribution in [3.05, 3.63) is 64.2 Å². The zero-order chi connectivity index (χ0) is 21.6. The molecule has 0 atom stereocenters. The number of carbonyl (C=O) groups excluding carboxylic acids is 1. The monoisotopic (exact) mass is 422 g/mol. The first-order chi connectivity index (χ1) is 15.1. The molecule has 3 aromatic rings. The number of hydrogen-bond donors (Lipinski definition) is 2. The molecule has 7 nitrogen and oxygen atoms in total. The van der Waals surface area contributed by atoms with Crippen LogP contribution in [0.4, 0.5) is 0 Å². The molecular weight excluding hydrogens is 392 g/mol. The van der Waals surface area contributed by atoms with E-state index in [4.69, 9.17) is 4.74 Å². The van der Waals surface area contributed by atoms with Gasteiger partial charge in [-0.2, -0.15) is 0 Å². The van der Waals surface area contributed by atoms with Crippen LogP contribution < -0.4 is 15.5 Å². The second-order valence-electron chi connectivity index (χ2n) is 8.12. The van der Waals surface area contributed by atoms with Crippen molar-refractivity contribution in [2.24, 2.45) is 0 Å². The van der Waals surface area contributed by atoms with Gasteiger partial charge in [0.1, 0.15) is 6.54 Å². The third-order valence-electron chi connectivity index (χ3n) is 5.94.